The third-order valence-electron chi connectivity index (χ3n) is 8.14. The summed E-state index contributed by atoms with van der Waals surface area (Å²) in [6, 6.07) is 44.3. The number of thiophene rings is 1. The predicted octanol–water partition coefficient (Wildman–Crippen LogP) is 9.73. The maximum atomic E-state index is 5.04. The second-order valence-electron chi connectivity index (χ2n) is 10.7. The van der Waals surface area contributed by atoms with Crippen LogP contribution in [-0.2, 0) is 0 Å². The molecule has 0 N–H and O–H groups in total. The summed E-state index contributed by atoms with van der Waals surface area (Å²) in [5.74, 6) is 1.89. The zero-order chi connectivity index (χ0) is 29.0. The molecule has 0 aliphatic carbocycles. The summed E-state index contributed by atoms with van der Waals surface area (Å²) in [7, 11) is 0. The number of fused-ring (bicyclic) bond motifs is 7. The lowest BCUT2D eigenvalue weighted by Gasteiger charge is -2.08. The van der Waals surface area contributed by atoms with Gasteiger partial charge < -0.3 is 4.57 Å². The molecule has 5 aromatic carbocycles. The van der Waals surface area contributed by atoms with Gasteiger partial charge in [-0.3, -0.25) is 4.98 Å². The lowest BCUT2D eigenvalue weighted by molar-refractivity contribution is 1.07. The van der Waals surface area contributed by atoms with E-state index in [-0.39, 0.29) is 0 Å². The summed E-state index contributed by atoms with van der Waals surface area (Å²) in [4.78, 5) is 19.3. The van der Waals surface area contributed by atoms with Crippen molar-refractivity contribution >= 4 is 53.3 Å². The molecule has 0 amide bonds. The van der Waals surface area contributed by atoms with Crippen LogP contribution < -0.4 is 0 Å². The second kappa shape index (κ2) is 9.93. The third-order valence-corrected chi connectivity index (χ3v) is 9.40. The van der Waals surface area contributed by atoms with Crippen LogP contribution in [0, 0.1) is 0 Å². The predicted molar refractivity (Wildman–Crippen MR) is 181 cm³/mol. The van der Waals surface area contributed by atoms with Gasteiger partial charge in [0.15, 0.2) is 17.5 Å². The smallest absolute Gasteiger partial charge is 0.165 e. The Morgan fingerprint density at radius 3 is 1.95 bits per heavy atom. The highest BCUT2D eigenvalue weighted by atomic mass is 32.1. The monoisotopic (exact) mass is 581 g/mol. The van der Waals surface area contributed by atoms with E-state index in [0.29, 0.717) is 17.5 Å². The van der Waals surface area contributed by atoms with E-state index in [9.17, 15) is 0 Å². The minimum atomic E-state index is 0.603. The van der Waals surface area contributed by atoms with E-state index < -0.39 is 0 Å². The van der Waals surface area contributed by atoms with Crippen LogP contribution in [0.2, 0.25) is 0 Å². The van der Waals surface area contributed by atoms with Gasteiger partial charge in [0.25, 0.3) is 0 Å². The molecule has 0 fully saturated rings. The third kappa shape index (κ3) is 3.85. The number of rotatable bonds is 4. The molecule has 44 heavy (non-hydrogen) atoms. The molecule has 0 unspecified atom stereocenters. The summed E-state index contributed by atoms with van der Waals surface area (Å²) in [5.41, 5.74) is 6.35. The molecule has 0 atom stereocenters. The fourth-order valence-corrected chi connectivity index (χ4v) is 7.51. The summed E-state index contributed by atoms with van der Waals surface area (Å²) < 4.78 is 4.80. The van der Waals surface area contributed by atoms with Crippen LogP contribution >= 0.6 is 11.3 Å². The first kappa shape index (κ1) is 24.8. The van der Waals surface area contributed by atoms with E-state index >= 15 is 0 Å². The van der Waals surface area contributed by atoms with Crippen LogP contribution in [0.1, 0.15) is 0 Å². The Kier molecular flexibility index (Phi) is 5.61. The minimum Gasteiger partial charge on any atom is -0.308 e. The molecule has 9 rings (SSSR count). The van der Waals surface area contributed by atoms with Crippen LogP contribution in [0.15, 0.2) is 140 Å². The molecule has 0 radical (unpaired) electrons. The SMILES string of the molecule is c1ccc(-c2nc(-c3cccnc3)nc(-c3cccc4c3sc3c4ccc4c5ccccc5n(-c5ccccc5)c43)n2)cc1. The zero-order valence-corrected chi connectivity index (χ0v) is 24.2. The molecule has 6 heteroatoms. The van der Waals surface area contributed by atoms with E-state index in [4.69, 9.17) is 15.0 Å². The van der Waals surface area contributed by atoms with Gasteiger partial charge in [-0.2, -0.15) is 0 Å². The Morgan fingerprint density at radius 2 is 1.14 bits per heavy atom. The molecular weight excluding hydrogens is 559 g/mol. The molecule has 0 bridgehead atoms. The zero-order valence-electron chi connectivity index (χ0n) is 23.4. The fourth-order valence-electron chi connectivity index (χ4n) is 6.16. The first-order valence-electron chi connectivity index (χ1n) is 14.5. The van der Waals surface area contributed by atoms with E-state index in [1.165, 1.54) is 37.3 Å². The second-order valence-corrected chi connectivity index (χ2v) is 11.7. The van der Waals surface area contributed by atoms with Crippen LogP contribution in [0.4, 0.5) is 0 Å². The standard InChI is InChI=1S/C38H23N5S/c1-3-11-24(12-4-1)36-40-37(25-13-10-22-39-23-25)42-38(41-36)31-18-9-17-29-30-21-20-28-27-16-7-8-19-32(27)43(26-14-5-2-6-15-26)33(28)35(30)44-34(29)31/h1-23H. The highest BCUT2D eigenvalue weighted by Crippen LogP contribution is 2.45. The average Bonchev–Trinajstić information content (AvgIpc) is 3.65. The van der Waals surface area contributed by atoms with Gasteiger partial charge in [0.1, 0.15) is 0 Å². The van der Waals surface area contributed by atoms with E-state index in [1.807, 2.05) is 42.5 Å². The van der Waals surface area contributed by atoms with Crippen molar-refractivity contribution in [1.29, 1.82) is 0 Å². The minimum absolute atomic E-state index is 0.603. The fraction of sp³-hybridized carbons (Fsp3) is 0. The lowest BCUT2D eigenvalue weighted by atomic mass is 10.1. The molecule has 5 nitrogen and oxygen atoms in total. The Labute approximate surface area is 256 Å². The molecule has 4 aromatic heterocycles. The van der Waals surface area contributed by atoms with E-state index in [0.717, 1.165) is 27.1 Å². The molecule has 206 valence electrons. The molecule has 0 aliphatic heterocycles. The normalized spacial score (nSPS) is 11.6. The molecule has 9 aromatic rings. The first-order chi connectivity index (χ1) is 21.8. The van der Waals surface area contributed by atoms with Crippen molar-refractivity contribution in [2.24, 2.45) is 0 Å². The summed E-state index contributed by atoms with van der Waals surface area (Å²) in [5, 5.41) is 4.91. The van der Waals surface area contributed by atoms with Gasteiger partial charge in [-0.05, 0) is 36.4 Å². The van der Waals surface area contributed by atoms with Crippen LogP contribution in [0.5, 0.6) is 0 Å². The van der Waals surface area contributed by atoms with Gasteiger partial charge in [-0.1, -0.05) is 91.0 Å². The van der Waals surface area contributed by atoms with Crippen molar-refractivity contribution in [1.82, 2.24) is 24.5 Å². The number of hydrogen-bond donors (Lipinski definition) is 0. The number of pyridine rings is 1. The maximum absolute atomic E-state index is 5.04. The van der Waals surface area contributed by atoms with Crippen molar-refractivity contribution in [3.63, 3.8) is 0 Å². The Bertz CT molecular complexity index is 2430. The van der Waals surface area contributed by atoms with Gasteiger partial charge in [0.05, 0.1) is 15.7 Å². The van der Waals surface area contributed by atoms with Crippen molar-refractivity contribution < 1.29 is 0 Å². The van der Waals surface area contributed by atoms with Gasteiger partial charge >= 0.3 is 0 Å². The van der Waals surface area contributed by atoms with Crippen molar-refractivity contribution in [2.45, 2.75) is 0 Å². The van der Waals surface area contributed by atoms with Crippen LogP contribution in [-0.4, -0.2) is 24.5 Å². The van der Waals surface area contributed by atoms with Crippen molar-refractivity contribution in [2.75, 3.05) is 0 Å². The van der Waals surface area contributed by atoms with Gasteiger partial charge in [0, 0.05) is 61.0 Å². The van der Waals surface area contributed by atoms with Gasteiger partial charge in [0.2, 0.25) is 0 Å². The lowest BCUT2D eigenvalue weighted by Crippen LogP contribution is -2.00. The number of nitrogens with zero attached hydrogens (tertiary/aromatic N) is 5. The Balaban J connectivity index is 1.35. The topological polar surface area (TPSA) is 56.5 Å². The Morgan fingerprint density at radius 1 is 0.477 bits per heavy atom. The number of aromatic nitrogens is 5. The van der Waals surface area contributed by atoms with E-state index in [2.05, 4.69) is 94.5 Å². The van der Waals surface area contributed by atoms with Crippen LogP contribution in [0.25, 0.3) is 81.8 Å². The first-order valence-corrected chi connectivity index (χ1v) is 15.3. The number of benzene rings is 5. The molecular formula is C38H23N5S. The van der Waals surface area contributed by atoms with E-state index in [1.54, 1.807) is 23.7 Å². The van der Waals surface area contributed by atoms with Gasteiger partial charge in [-0.15, -0.1) is 11.3 Å². The highest BCUT2D eigenvalue weighted by molar-refractivity contribution is 7.27. The molecule has 0 spiro atoms. The van der Waals surface area contributed by atoms with Crippen molar-refractivity contribution in [3.8, 4) is 39.9 Å². The quantitative estimate of drug-likeness (QED) is 0.208. The number of hydrogen-bond acceptors (Lipinski definition) is 5. The largest absolute Gasteiger partial charge is 0.308 e. The molecule has 4 heterocycles. The highest BCUT2D eigenvalue weighted by Gasteiger charge is 2.20. The van der Waals surface area contributed by atoms with Crippen LogP contribution in [0.3, 0.4) is 0 Å². The summed E-state index contributed by atoms with van der Waals surface area (Å²) in [6.07, 6.45) is 3.56. The summed E-state index contributed by atoms with van der Waals surface area (Å²) >= 11 is 1.81. The Hall–Kier alpha value is -5.72. The maximum Gasteiger partial charge on any atom is 0.165 e. The molecule has 0 saturated heterocycles. The summed E-state index contributed by atoms with van der Waals surface area (Å²) in [6.45, 7) is 0. The van der Waals surface area contributed by atoms with Gasteiger partial charge in [-0.25, -0.2) is 15.0 Å². The molecule has 0 aliphatic rings. The van der Waals surface area contributed by atoms with Crippen molar-refractivity contribution in [3.05, 3.63) is 140 Å². The number of para-hydroxylation sites is 2. The average molecular weight is 582 g/mol. The molecule has 0 saturated carbocycles.